The molecule has 1 atom stereocenters. The van der Waals surface area contributed by atoms with Crippen molar-refractivity contribution in [3.8, 4) is 0 Å². The van der Waals surface area contributed by atoms with Gasteiger partial charge in [0.05, 0.1) is 12.6 Å². The molecule has 0 bridgehead atoms. The number of hydrogen-bond donors (Lipinski definition) is 2. The number of benzene rings is 2. The molecule has 2 rings (SSSR count). The normalized spacial score (nSPS) is 11.8. The van der Waals surface area contributed by atoms with Gasteiger partial charge in [-0.05, 0) is 30.7 Å². The zero-order chi connectivity index (χ0) is 15.2. The molecule has 5 heteroatoms. The van der Waals surface area contributed by atoms with E-state index in [1.54, 1.807) is 18.2 Å². The highest BCUT2D eigenvalue weighted by atomic mass is 35.5. The highest BCUT2D eigenvalue weighted by molar-refractivity contribution is 6.35. The molecule has 0 saturated heterocycles. The van der Waals surface area contributed by atoms with Crippen molar-refractivity contribution >= 4 is 34.8 Å². The van der Waals surface area contributed by atoms with Gasteiger partial charge in [-0.1, -0.05) is 53.5 Å². The molecule has 0 saturated carbocycles. The second-order valence-corrected chi connectivity index (χ2v) is 5.58. The average molecular weight is 323 g/mol. The first-order valence-electron chi connectivity index (χ1n) is 6.59. The SMILES string of the molecule is C[C@H](NC(=O)CNc1cc(Cl)cc(Cl)c1)c1ccccc1. The lowest BCUT2D eigenvalue weighted by Gasteiger charge is -2.15. The van der Waals surface area contributed by atoms with Crippen LogP contribution >= 0.6 is 23.2 Å². The Hall–Kier alpha value is -1.71. The number of nitrogens with one attached hydrogen (secondary N) is 2. The Bertz CT molecular complexity index is 597. The summed E-state index contributed by atoms with van der Waals surface area (Å²) in [5, 5.41) is 6.99. The predicted molar refractivity (Wildman–Crippen MR) is 88.0 cm³/mol. The summed E-state index contributed by atoms with van der Waals surface area (Å²) in [4.78, 5) is 11.9. The topological polar surface area (TPSA) is 41.1 Å². The number of hydrogen-bond acceptors (Lipinski definition) is 2. The molecule has 21 heavy (non-hydrogen) atoms. The third-order valence-electron chi connectivity index (χ3n) is 2.99. The van der Waals surface area contributed by atoms with Crippen molar-refractivity contribution in [3.05, 3.63) is 64.1 Å². The van der Waals surface area contributed by atoms with Crippen LogP contribution in [0.3, 0.4) is 0 Å². The fraction of sp³-hybridized carbons (Fsp3) is 0.188. The molecule has 0 unspecified atom stereocenters. The van der Waals surface area contributed by atoms with E-state index in [2.05, 4.69) is 10.6 Å². The van der Waals surface area contributed by atoms with E-state index in [0.29, 0.717) is 10.0 Å². The number of anilines is 1. The summed E-state index contributed by atoms with van der Waals surface area (Å²) in [5.74, 6) is -0.0950. The fourth-order valence-corrected chi connectivity index (χ4v) is 2.48. The molecule has 0 fully saturated rings. The molecule has 0 aliphatic rings. The monoisotopic (exact) mass is 322 g/mol. The van der Waals surface area contributed by atoms with Gasteiger partial charge in [0.25, 0.3) is 0 Å². The Morgan fingerprint density at radius 2 is 1.71 bits per heavy atom. The van der Waals surface area contributed by atoms with Crippen molar-refractivity contribution in [1.82, 2.24) is 5.32 Å². The van der Waals surface area contributed by atoms with E-state index in [-0.39, 0.29) is 18.5 Å². The molecular formula is C16H16Cl2N2O. The summed E-state index contributed by atoms with van der Waals surface area (Å²) >= 11 is 11.8. The minimum Gasteiger partial charge on any atom is -0.376 e. The standard InChI is InChI=1S/C16H16Cl2N2O/c1-11(12-5-3-2-4-6-12)20-16(21)10-19-15-8-13(17)7-14(18)9-15/h2-9,11,19H,10H2,1H3,(H,20,21)/t11-/m0/s1. The van der Waals surface area contributed by atoms with Gasteiger partial charge in [0.1, 0.15) is 0 Å². The van der Waals surface area contributed by atoms with Crippen molar-refractivity contribution in [2.45, 2.75) is 13.0 Å². The van der Waals surface area contributed by atoms with Crippen molar-refractivity contribution < 1.29 is 4.79 Å². The van der Waals surface area contributed by atoms with Crippen molar-refractivity contribution in [2.75, 3.05) is 11.9 Å². The molecule has 2 aromatic carbocycles. The van der Waals surface area contributed by atoms with Gasteiger partial charge in [-0.3, -0.25) is 4.79 Å². The average Bonchev–Trinajstić information content (AvgIpc) is 2.45. The third-order valence-corrected chi connectivity index (χ3v) is 3.43. The van der Waals surface area contributed by atoms with Crippen LogP contribution in [0, 0.1) is 0 Å². The lowest BCUT2D eigenvalue weighted by Crippen LogP contribution is -2.32. The van der Waals surface area contributed by atoms with Crippen LogP contribution in [0.2, 0.25) is 10.0 Å². The van der Waals surface area contributed by atoms with Gasteiger partial charge < -0.3 is 10.6 Å². The van der Waals surface area contributed by atoms with Gasteiger partial charge in [0.2, 0.25) is 5.91 Å². The third kappa shape index (κ3) is 4.96. The van der Waals surface area contributed by atoms with Crippen LogP contribution in [0.1, 0.15) is 18.5 Å². The Labute approximate surface area is 134 Å². The fourth-order valence-electron chi connectivity index (χ4n) is 1.96. The molecule has 0 heterocycles. The van der Waals surface area contributed by atoms with Gasteiger partial charge in [-0.2, -0.15) is 0 Å². The number of amides is 1. The Kier molecular flexibility index (Phi) is 5.48. The Morgan fingerprint density at radius 3 is 2.33 bits per heavy atom. The van der Waals surface area contributed by atoms with Crippen LogP contribution in [-0.2, 0) is 4.79 Å². The second kappa shape index (κ2) is 7.34. The first-order chi connectivity index (χ1) is 10.0. The van der Waals surface area contributed by atoms with E-state index < -0.39 is 0 Å². The van der Waals surface area contributed by atoms with Crippen LogP contribution in [-0.4, -0.2) is 12.5 Å². The van der Waals surface area contributed by atoms with Crippen molar-refractivity contribution in [3.63, 3.8) is 0 Å². The van der Waals surface area contributed by atoms with Gasteiger partial charge in [-0.25, -0.2) is 0 Å². The molecule has 0 radical (unpaired) electrons. The van der Waals surface area contributed by atoms with Crippen LogP contribution in [0.5, 0.6) is 0 Å². The van der Waals surface area contributed by atoms with E-state index in [4.69, 9.17) is 23.2 Å². The number of carbonyl (C=O) groups is 1. The van der Waals surface area contributed by atoms with E-state index in [1.807, 2.05) is 37.3 Å². The Morgan fingerprint density at radius 1 is 1.10 bits per heavy atom. The van der Waals surface area contributed by atoms with E-state index in [1.165, 1.54) is 0 Å². The largest absolute Gasteiger partial charge is 0.376 e. The predicted octanol–water partition coefficient (Wildman–Crippen LogP) is 4.28. The van der Waals surface area contributed by atoms with Gasteiger partial charge in [-0.15, -0.1) is 0 Å². The van der Waals surface area contributed by atoms with E-state index in [0.717, 1.165) is 11.3 Å². The van der Waals surface area contributed by atoms with E-state index in [9.17, 15) is 4.79 Å². The van der Waals surface area contributed by atoms with Crippen molar-refractivity contribution in [1.29, 1.82) is 0 Å². The Balaban J connectivity index is 1.87. The van der Waals surface area contributed by atoms with Crippen molar-refractivity contribution in [2.24, 2.45) is 0 Å². The minimum absolute atomic E-state index is 0.0385. The molecule has 2 aromatic rings. The summed E-state index contributed by atoms with van der Waals surface area (Å²) in [6.45, 7) is 2.11. The summed E-state index contributed by atoms with van der Waals surface area (Å²) in [6, 6.07) is 14.9. The molecule has 1 amide bonds. The minimum atomic E-state index is -0.0950. The summed E-state index contributed by atoms with van der Waals surface area (Å²) < 4.78 is 0. The molecule has 3 nitrogen and oxygen atoms in total. The molecule has 0 aliphatic heterocycles. The quantitative estimate of drug-likeness (QED) is 0.862. The maximum Gasteiger partial charge on any atom is 0.239 e. The highest BCUT2D eigenvalue weighted by Gasteiger charge is 2.09. The number of carbonyl (C=O) groups excluding carboxylic acids is 1. The second-order valence-electron chi connectivity index (χ2n) is 4.71. The molecule has 110 valence electrons. The van der Waals surface area contributed by atoms with Crippen LogP contribution in [0.15, 0.2) is 48.5 Å². The maximum atomic E-state index is 11.9. The van der Waals surface area contributed by atoms with Gasteiger partial charge in [0, 0.05) is 15.7 Å². The first-order valence-corrected chi connectivity index (χ1v) is 7.34. The summed E-state index contributed by atoms with van der Waals surface area (Å²) in [7, 11) is 0. The summed E-state index contributed by atoms with van der Waals surface area (Å²) in [6.07, 6.45) is 0. The summed E-state index contributed by atoms with van der Waals surface area (Å²) in [5.41, 5.74) is 1.78. The smallest absolute Gasteiger partial charge is 0.239 e. The molecule has 0 aromatic heterocycles. The van der Waals surface area contributed by atoms with Crippen LogP contribution in [0.4, 0.5) is 5.69 Å². The molecule has 0 aliphatic carbocycles. The zero-order valence-corrected chi connectivity index (χ0v) is 13.1. The van der Waals surface area contributed by atoms with Crippen LogP contribution in [0.25, 0.3) is 0 Å². The van der Waals surface area contributed by atoms with E-state index >= 15 is 0 Å². The molecule has 2 N–H and O–H groups in total. The zero-order valence-electron chi connectivity index (χ0n) is 11.6. The number of rotatable bonds is 5. The molecular weight excluding hydrogens is 307 g/mol. The lowest BCUT2D eigenvalue weighted by molar-refractivity contribution is -0.120. The van der Waals surface area contributed by atoms with Crippen LogP contribution < -0.4 is 10.6 Å². The number of halogens is 2. The maximum absolute atomic E-state index is 11.9. The lowest BCUT2D eigenvalue weighted by atomic mass is 10.1. The van der Waals surface area contributed by atoms with Gasteiger partial charge >= 0.3 is 0 Å². The van der Waals surface area contributed by atoms with Gasteiger partial charge in [0.15, 0.2) is 0 Å². The highest BCUT2D eigenvalue weighted by Crippen LogP contribution is 2.22. The first kappa shape index (κ1) is 15.7. The molecule has 0 spiro atoms.